The second-order valence-corrected chi connectivity index (χ2v) is 6.91. The van der Waals surface area contributed by atoms with Crippen LogP contribution in [0.15, 0.2) is 52.5 Å². The van der Waals surface area contributed by atoms with Crippen molar-refractivity contribution in [1.82, 2.24) is 0 Å². The van der Waals surface area contributed by atoms with Crippen molar-refractivity contribution in [3.63, 3.8) is 0 Å². The molecule has 4 nitrogen and oxygen atoms in total. The van der Waals surface area contributed by atoms with E-state index in [9.17, 15) is 14.7 Å². The maximum atomic E-state index is 11.7. The molecule has 0 spiro atoms. The van der Waals surface area contributed by atoms with Crippen LogP contribution in [-0.4, -0.2) is 38.9 Å². The quantitative estimate of drug-likeness (QED) is 0.839. The number of hydrogen-bond acceptors (Lipinski definition) is 3. The molecule has 0 amide bonds. The van der Waals surface area contributed by atoms with E-state index < -0.39 is 5.97 Å². The topological polar surface area (TPSA) is 63.6 Å². The standard InChI is InChI=1S/C17H14O4Se/c1-21-12-5-2-10(3-6-12)16-13-7-4-11(18)8-14(13)15(9-22-16)17(19)20/h2-7,9,14H,8H2,1H3,(H,19,20). The predicted molar refractivity (Wildman–Crippen MR) is 83.6 cm³/mol. The number of benzene rings is 1. The van der Waals surface area contributed by atoms with Gasteiger partial charge in [-0.2, -0.15) is 0 Å². The average Bonchev–Trinajstić information content (AvgIpc) is 2.53. The van der Waals surface area contributed by atoms with Gasteiger partial charge in [-0.05, 0) is 0 Å². The molecule has 1 unspecified atom stereocenters. The number of methoxy groups -OCH3 is 1. The summed E-state index contributed by atoms with van der Waals surface area (Å²) in [5.74, 6) is -0.501. The molecule has 0 bridgehead atoms. The van der Waals surface area contributed by atoms with Crippen molar-refractivity contribution in [2.24, 2.45) is 5.92 Å². The second kappa shape index (κ2) is 5.95. The van der Waals surface area contributed by atoms with Gasteiger partial charge in [0.15, 0.2) is 0 Å². The number of hydrogen-bond donors (Lipinski definition) is 1. The number of carbonyl (C=O) groups excluding carboxylic acids is 1. The number of ether oxygens (including phenoxy) is 1. The third-order valence-electron chi connectivity index (χ3n) is 3.77. The zero-order chi connectivity index (χ0) is 15.7. The van der Waals surface area contributed by atoms with E-state index >= 15 is 0 Å². The number of rotatable bonds is 3. The Balaban J connectivity index is 2.06. The van der Waals surface area contributed by atoms with Gasteiger partial charge in [-0.15, -0.1) is 0 Å². The molecular formula is C17H14O4Se. The minimum atomic E-state index is -0.929. The fraction of sp³-hybridized carbons (Fsp3) is 0.176. The molecule has 1 atom stereocenters. The molecule has 112 valence electrons. The van der Waals surface area contributed by atoms with Gasteiger partial charge < -0.3 is 0 Å². The monoisotopic (exact) mass is 362 g/mol. The number of carboxylic acids is 1. The molecule has 1 aromatic carbocycles. The van der Waals surface area contributed by atoms with E-state index in [1.807, 2.05) is 24.3 Å². The van der Waals surface area contributed by atoms with Crippen LogP contribution in [0.1, 0.15) is 12.0 Å². The molecule has 0 radical (unpaired) electrons. The zero-order valence-electron chi connectivity index (χ0n) is 11.9. The average molecular weight is 361 g/mol. The third-order valence-corrected chi connectivity index (χ3v) is 6.03. The summed E-state index contributed by atoms with van der Waals surface area (Å²) in [4.78, 5) is 24.9. The predicted octanol–water partition coefficient (Wildman–Crippen LogP) is 2.24. The van der Waals surface area contributed by atoms with Crippen LogP contribution < -0.4 is 4.74 Å². The van der Waals surface area contributed by atoms with Crippen LogP contribution in [0.4, 0.5) is 0 Å². The Hall–Kier alpha value is -2.10. The SMILES string of the molecule is COc1ccc(C2=C3C=CC(=O)CC3C(C(=O)O)=C[Se]2)cc1. The van der Waals surface area contributed by atoms with Gasteiger partial charge in [0, 0.05) is 0 Å². The first kappa shape index (κ1) is 14.8. The van der Waals surface area contributed by atoms with Gasteiger partial charge in [-0.25, -0.2) is 0 Å². The van der Waals surface area contributed by atoms with Gasteiger partial charge in [-0.3, -0.25) is 0 Å². The van der Waals surface area contributed by atoms with Gasteiger partial charge in [0.25, 0.3) is 0 Å². The van der Waals surface area contributed by atoms with E-state index in [1.165, 1.54) is 0 Å². The molecule has 1 N–H and O–H groups in total. The molecule has 5 heteroatoms. The Bertz CT molecular complexity index is 726. The molecule has 3 rings (SSSR count). The van der Waals surface area contributed by atoms with Crippen molar-refractivity contribution < 1.29 is 19.4 Å². The molecular weight excluding hydrogens is 347 g/mol. The summed E-state index contributed by atoms with van der Waals surface area (Å²) in [6.07, 6.45) is 3.57. The first-order valence-corrected chi connectivity index (χ1v) is 8.64. The van der Waals surface area contributed by atoms with E-state index in [1.54, 1.807) is 24.2 Å². The molecule has 1 aliphatic heterocycles. The number of ketones is 1. The van der Waals surface area contributed by atoms with E-state index in [-0.39, 0.29) is 33.1 Å². The second-order valence-electron chi connectivity index (χ2n) is 5.07. The summed E-state index contributed by atoms with van der Waals surface area (Å²) in [7, 11) is 1.62. The number of fused-ring (bicyclic) bond motifs is 1. The van der Waals surface area contributed by atoms with Crippen LogP contribution in [-0.2, 0) is 9.59 Å². The minimum absolute atomic E-state index is 0.0237. The van der Waals surface area contributed by atoms with E-state index in [0.717, 1.165) is 21.4 Å². The third kappa shape index (κ3) is 2.65. The van der Waals surface area contributed by atoms with Crippen LogP contribution >= 0.6 is 0 Å². The van der Waals surface area contributed by atoms with Crippen LogP contribution in [0.5, 0.6) is 5.75 Å². The summed E-state index contributed by atoms with van der Waals surface area (Å²) in [6, 6.07) is 7.73. The molecule has 1 aromatic rings. The Labute approximate surface area is 134 Å². The van der Waals surface area contributed by atoms with Crippen LogP contribution in [0.25, 0.3) is 4.47 Å². The van der Waals surface area contributed by atoms with Gasteiger partial charge in [0.1, 0.15) is 0 Å². The van der Waals surface area contributed by atoms with E-state index in [4.69, 9.17) is 4.74 Å². The molecule has 2 aliphatic rings. The molecule has 1 aliphatic carbocycles. The van der Waals surface area contributed by atoms with E-state index in [0.29, 0.717) is 5.57 Å². The Morgan fingerprint density at radius 3 is 2.64 bits per heavy atom. The van der Waals surface area contributed by atoms with Crippen molar-refractivity contribution in [3.05, 3.63) is 58.1 Å². The van der Waals surface area contributed by atoms with Gasteiger partial charge >= 0.3 is 134 Å². The summed E-state index contributed by atoms with van der Waals surface area (Å²) in [5, 5.41) is 9.36. The van der Waals surface area contributed by atoms with Gasteiger partial charge in [0.2, 0.25) is 0 Å². The van der Waals surface area contributed by atoms with Gasteiger partial charge in [-0.1, -0.05) is 0 Å². The summed E-state index contributed by atoms with van der Waals surface area (Å²) >= 11 is -0.0706. The summed E-state index contributed by atoms with van der Waals surface area (Å²) in [6.45, 7) is 0. The van der Waals surface area contributed by atoms with Crippen LogP contribution in [0.2, 0.25) is 0 Å². The van der Waals surface area contributed by atoms with Crippen molar-refractivity contribution in [2.75, 3.05) is 7.11 Å². The Kier molecular flexibility index (Phi) is 4.01. The number of carbonyl (C=O) groups is 2. The molecule has 0 fully saturated rings. The first-order valence-electron chi connectivity index (χ1n) is 6.79. The molecule has 22 heavy (non-hydrogen) atoms. The Morgan fingerprint density at radius 2 is 2.00 bits per heavy atom. The van der Waals surface area contributed by atoms with Crippen LogP contribution in [0, 0.1) is 5.92 Å². The summed E-state index contributed by atoms with van der Waals surface area (Å²) < 4.78 is 6.30. The Morgan fingerprint density at radius 1 is 1.27 bits per heavy atom. The van der Waals surface area contributed by atoms with Crippen molar-refractivity contribution in [3.8, 4) is 5.75 Å². The molecule has 0 saturated carbocycles. The maximum absolute atomic E-state index is 11.7. The zero-order valence-corrected chi connectivity index (χ0v) is 13.6. The molecule has 0 saturated heterocycles. The van der Waals surface area contributed by atoms with Crippen LogP contribution in [0.3, 0.4) is 0 Å². The van der Waals surface area contributed by atoms with E-state index in [2.05, 4.69) is 0 Å². The number of carboxylic acid groups (broad SMARTS) is 1. The fourth-order valence-electron chi connectivity index (χ4n) is 2.64. The number of aliphatic carboxylic acids is 1. The molecule has 0 aromatic heterocycles. The summed E-state index contributed by atoms with van der Waals surface area (Å²) in [5.41, 5.74) is 2.37. The van der Waals surface area contributed by atoms with Crippen molar-refractivity contribution in [1.29, 1.82) is 0 Å². The normalized spacial score (nSPS) is 20.5. The van der Waals surface area contributed by atoms with Gasteiger partial charge in [0.05, 0.1) is 0 Å². The molecule has 1 heterocycles. The van der Waals surface area contributed by atoms with Crippen molar-refractivity contribution in [2.45, 2.75) is 6.42 Å². The first-order chi connectivity index (χ1) is 10.6. The van der Waals surface area contributed by atoms with Crippen molar-refractivity contribution >= 4 is 31.2 Å². The fourth-order valence-corrected chi connectivity index (χ4v) is 5.01. The number of allylic oxidation sites excluding steroid dienone is 3.